The van der Waals surface area contributed by atoms with Crippen molar-refractivity contribution in [3.8, 4) is 11.6 Å². The molecule has 0 radical (unpaired) electrons. The Morgan fingerprint density at radius 2 is 2.12 bits per heavy atom. The molecule has 0 atom stereocenters. The van der Waals surface area contributed by atoms with E-state index < -0.39 is 0 Å². The largest absolute Gasteiger partial charge is 0.437 e. The Kier molecular flexibility index (Phi) is 3.56. The van der Waals surface area contributed by atoms with E-state index >= 15 is 0 Å². The molecule has 0 aliphatic heterocycles. The first kappa shape index (κ1) is 11.8. The van der Waals surface area contributed by atoms with E-state index in [4.69, 9.17) is 22.1 Å². The summed E-state index contributed by atoms with van der Waals surface area (Å²) in [5.41, 5.74) is 7.11. The Balaban J connectivity index is 2.19. The highest BCUT2D eigenvalue weighted by Gasteiger charge is 2.03. The Bertz CT molecular complexity index is 514. The third-order valence-electron chi connectivity index (χ3n) is 2.24. The van der Waals surface area contributed by atoms with E-state index in [0.29, 0.717) is 23.2 Å². The number of rotatable bonds is 3. The minimum absolute atomic E-state index is 0.368. The van der Waals surface area contributed by atoms with Crippen molar-refractivity contribution in [2.75, 3.05) is 0 Å². The number of aryl methyl sites for hydroxylation is 1. The molecular weight excluding hydrogens is 238 g/mol. The van der Waals surface area contributed by atoms with Gasteiger partial charge < -0.3 is 10.5 Å². The zero-order valence-electron chi connectivity index (χ0n) is 9.35. The van der Waals surface area contributed by atoms with Gasteiger partial charge in [-0.25, -0.2) is 4.98 Å². The molecule has 0 spiro atoms. The summed E-state index contributed by atoms with van der Waals surface area (Å²) in [6.07, 6.45) is 3.15. The number of ether oxygens (including phenoxy) is 1. The summed E-state index contributed by atoms with van der Waals surface area (Å²) in [5, 5.41) is 0.680. The van der Waals surface area contributed by atoms with E-state index in [0.717, 1.165) is 11.3 Å². The molecule has 2 N–H and O–H groups in total. The van der Waals surface area contributed by atoms with Crippen LogP contribution >= 0.6 is 11.6 Å². The van der Waals surface area contributed by atoms with Gasteiger partial charge in [0.25, 0.3) is 0 Å². The van der Waals surface area contributed by atoms with Crippen LogP contribution in [0.1, 0.15) is 11.3 Å². The average Bonchev–Trinajstić information content (AvgIpc) is 2.34. The Hall–Kier alpha value is -1.65. The lowest BCUT2D eigenvalue weighted by Crippen LogP contribution is -2.00. The highest BCUT2D eigenvalue weighted by molar-refractivity contribution is 6.30. The molecule has 5 heteroatoms. The maximum absolute atomic E-state index is 5.86. The van der Waals surface area contributed by atoms with Crippen LogP contribution in [0.5, 0.6) is 11.6 Å². The Labute approximate surface area is 104 Å². The van der Waals surface area contributed by atoms with Crippen LogP contribution in [0, 0.1) is 6.92 Å². The Morgan fingerprint density at radius 3 is 2.71 bits per heavy atom. The first-order valence-electron chi connectivity index (χ1n) is 5.14. The molecule has 0 saturated carbocycles. The molecule has 17 heavy (non-hydrogen) atoms. The normalized spacial score (nSPS) is 10.3. The van der Waals surface area contributed by atoms with Crippen LogP contribution < -0.4 is 10.5 Å². The second-order valence-corrected chi connectivity index (χ2v) is 4.00. The summed E-state index contributed by atoms with van der Waals surface area (Å²) in [6.45, 7) is 2.29. The molecule has 2 rings (SSSR count). The predicted molar refractivity (Wildman–Crippen MR) is 66.2 cm³/mol. The number of nitrogens with zero attached hydrogens (tertiary/aromatic N) is 2. The number of hydrogen-bond acceptors (Lipinski definition) is 4. The van der Waals surface area contributed by atoms with Crippen LogP contribution in [-0.4, -0.2) is 9.97 Å². The van der Waals surface area contributed by atoms with E-state index in [1.54, 1.807) is 24.5 Å². The highest BCUT2D eigenvalue weighted by Crippen LogP contribution is 2.25. The lowest BCUT2D eigenvalue weighted by Gasteiger charge is -2.07. The SMILES string of the molecule is Cc1cc(Cl)ccc1Oc1cnc(CN)cn1. The molecule has 0 aliphatic carbocycles. The summed E-state index contributed by atoms with van der Waals surface area (Å²) in [4.78, 5) is 8.21. The van der Waals surface area contributed by atoms with Gasteiger partial charge in [0.05, 0.1) is 18.1 Å². The first-order valence-corrected chi connectivity index (χ1v) is 5.52. The van der Waals surface area contributed by atoms with E-state index in [1.807, 2.05) is 13.0 Å². The minimum Gasteiger partial charge on any atom is -0.437 e. The van der Waals surface area contributed by atoms with Crippen molar-refractivity contribution in [1.29, 1.82) is 0 Å². The summed E-state index contributed by atoms with van der Waals surface area (Å²) in [5.74, 6) is 1.15. The Morgan fingerprint density at radius 1 is 1.29 bits per heavy atom. The maximum atomic E-state index is 5.86. The minimum atomic E-state index is 0.368. The molecule has 2 aromatic rings. The number of nitrogens with two attached hydrogens (primary N) is 1. The average molecular weight is 250 g/mol. The van der Waals surface area contributed by atoms with Crippen LogP contribution in [0.15, 0.2) is 30.6 Å². The molecule has 1 heterocycles. The summed E-state index contributed by atoms with van der Waals surface area (Å²) in [7, 11) is 0. The number of aromatic nitrogens is 2. The second kappa shape index (κ2) is 5.12. The lowest BCUT2D eigenvalue weighted by atomic mass is 10.2. The van der Waals surface area contributed by atoms with Crippen molar-refractivity contribution < 1.29 is 4.74 Å². The molecule has 0 fully saturated rings. The van der Waals surface area contributed by atoms with Gasteiger partial charge in [0, 0.05) is 11.6 Å². The zero-order valence-corrected chi connectivity index (χ0v) is 10.1. The third-order valence-corrected chi connectivity index (χ3v) is 2.48. The van der Waals surface area contributed by atoms with Crippen LogP contribution in [0.3, 0.4) is 0 Å². The molecule has 1 aromatic heterocycles. The van der Waals surface area contributed by atoms with Crippen molar-refractivity contribution in [3.05, 3.63) is 46.9 Å². The topological polar surface area (TPSA) is 61.0 Å². The van der Waals surface area contributed by atoms with Gasteiger partial charge in [-0.1, -0.05) is 11.6 Å². The molecule has 88 valence electrons. The fraction of sp³-hybridized carbons (Fsp3) is 0.167. The van der Waals surface area contributed by atoms with Gasteiger partial charge in [-0.2, -0.15) is 0 Å². The molecule has 1 aromatic carbocycles. The van der Waals surface area contributed by atoms with Crippen molar-refractivity contribution in [2.24, 2.45) is 5.73 Å². The van der Waals surface area contributed by atoms with Gasteiger partial charge in [-0.15, -0.1) is 0 Å². The summed E-state index contributed by atoms with van der Waals surface area (Å²) >= 11 is 5.86. The second-order valence-electron chi connectivity index (χ2n) is 3.56. The quantitative estimate of drug-likeness (QED) is 0.909. The number of halogens is 1. The smallest absolute Gasteiger partial charge is 0.237 e. The fourth-order valence-electron chi connectivity index (χ4n) is 1.34. The molecule has 0 bridgehead atoms. The van der Waals surface area contributed by atoms with E-state index in [9.17, 15) is 0 Å². The molecule has 0 saturated heterocycles. The van der Waals surface area contributed by atoms with Crippen LogP contribution in [0.2, 0.25) is 5.02 Å². The van der Waals surface area contributed by atoms with Gasteiger partial charge in [0.15, 0.2) is 0 Å². The van der Waals surface area contributed by atoms with E-state index in [2.05, 4.69) is 9.97 Å². The van der Waals surface area contributed by atoms with Crippen LogP contribution in [0.4, 0.5) is 0 Å². The van der Waals surface area contributed by atoms with E-state index in [1.165, 1.54) is 0 Å². The fourth-order valence-corrected chi connectivity index (χ4v) is 1.57. The molecular formula is C12H12ClN3O. The van der Waals surface area contributed by atoms with Gasteiger partial charge in [-0.3, -0.25) is 4.98 Å². The standard InChI is InChI=1S/C12H12ClN3O/c1-8-4-9(13)2-3-11(8)17-12-7-15-10(5-14)6-16-12/h2-4,6-7H,5,14H2,1H3. The number of benzene rings is 1. The summed E-state index contributed by atoms with van der Waals surface area (Å²) in [6, 6.07) is 5.40. The van der Waals surface area contributed by atoms with Crippen molar-refractivity contribution >= 4 is 11.6 Å². The molecule has 0 amide bonds. The lowest BCUT2D eigenvalue weighted by molar-refractivity contribution is 0.456. The van der Waals surface area contributed by atoms with Gasteiger partial charge in [0.1, 0.15) is 5.75 Å². The molecule has 4 nitrogen and oxygen atoms in total. The van der Waals surface area contributed by atoms with Crippen LogP contribution in [-0.2, 0) is 6.54 Å². The summed E-state index contributed by atoms with van der Waals surface area (Å²) < 4.78 is 5.59. The molecule has 0 aliphatic rings. The molecule has 0 unspecified atom stereocenters. The first-order chi connectivity index (χ1) is 8.19. The van der Waals surface area contributed by atoms with Crippen molar-refractivity contribution in [1.82, 2.24) is 9.97 Å². The van der Waals surface area contributed by atoms with Crippen LogP contribution in [0.25, 0.3) is 0 Å². The third kappa shape index (κ3) is 2.93. The zero-order chi connectivity index (χ0) is 12.3. The van der Waals surface area contributed by atoms with Crippen molar-refractivity contribution in [2.45, 2.75) is 13.5 Å². The maximum Gasteiger partial charge on any atom is 0.237 e. The monoisotopic (exact) mass is 249 g/mol. The van der Waals surface area contributed by atoms with Gasteiger partial charge in [0.2, 0.25) is 5.88 Å². The highest BCUT2D eigenvalue weighted by atomic mass is 35.5. The van der Waals surface area contributed by atoms with Gasteiger partial charge >= 0.3 is 0 Å². The number of hydrogen-bond donors (Lipinski definition) is 1. The van der Waals surface area contributed by atoms with Crippen molar-refractivity contribution in [3.63, 3.8) is 0 Å². The predicted octanol–water partition coefficient (Wildman–Crippen LogP) is 2.69. The van der Waals surface area contributed by atoms with Gasteiger partial charge in [-0.05, 0) is 30.7 Å². The van der Waals surface area contributed by atoms with E-state index in [-0.39, 0.29) is 0 Å².